The van der Waals surface area contributed by atoms with E-state index < -0.39 is 5.92 Å². The van der Waals surface area contributed by atoms with Crippen LogP contribution in [-0.4, -0.2) is 41.6 Å². The summed E-state index contributed by atoms with van der Waals surface area (Å²) >= 11 is 0. The summed E-state index contributed by atoms with van der Waals surface area (Å²) in [5.41, 5.74) is 0. The van der Waals surface area contributed by atoms with Crippen LogP contribution in [0.4, 0.5) is 0 Å². The van der Waals surface area contributed by atoms with Crippen molar-refractivity contribution in [1.82, 2.24) is 9.55 Å². The molecule has 0 aliphatic rings. The number of esters is 1. The highest BCUT2D eigenvalue weighted by Crippen LogP contribution is 2.07. The van der Waals surface area contributed by atoms with Gasteiger partial charge in [0.05, 0.1) is 26.2 Å². The molecule has 0 bridgehead atoms. The number of hydrogen-bond acceptors (Lipinski definition) is 5. The highest BCUT2D eigenvalue weighted by Gasteiger charge is 2.15. The van der Waals surface area contributed by atoms with Crippen molar-refractivity contribution in [2.24, 2.45) is 11.8 Å². The number of aromatic nitrogens is 2. The Kier molecular flexibility index (Phi) is 7.68. The average Bonchev–Trinajstić information content (AvgIpc) is 2.83. The minimum atomic E-state index is -0.439. The van der Waals surface area contributed by atoms with Crippen LogP contribution in [0, 0.1) is 18.8 Å². The van der Waals surface area contributed by atoms with Crippen molar-refractivity contribution >= 4 is 12.3 Å². The van der Waals surface area contributed by atoms with Gasteiger partial charge in [-0.15, -0.1) is 0 Å². The van der Waals surface area contributed by atoms with E-state index in [1.54, 1.807) is 13.1 Å². The molecule has 2 unspecified atom stereocenters. The van der Waals surface area contributed by atoms with Crippen LogP contribution in [0.15, 0.2) is 12.4 Å². The highest BCUT2D eigenvalue weighted by molar-refractivity contribution is 5.73. The Bertz CT molecular complexity index is 445. The normalized spacial score (nSPS) is 13.7. The van der Waals surface area contributed by atoms with Gasteiger partial charge in [0.2, 0.25) is 0 Å². The van der Waals surface area contributed by atoms with Gasteiger partial charge in [0.1, 0.15) is 12.1 Å². The molecule has 2 atom stereocenters. The van der Waals surface area contributed by atoms with Crippen LogP contribution < -0.4 is 0 Å². The first-order valence-electron chi connectivity index (χ1n) is 7.23. The first kappa shape index (κ1) is 17.4. The zero-order valence-corrected chi connectivity index (χ0v) is 12.9. The Labute approximate surface area is 125 Å². The number of carbonyl (C=O) groups is 2. The van der Waals surface area contributed by atoms with Crippen molar-refractivity contribution in [1.29, 1.82) is 0 Å². The number of hydrogen-bond donors (Lipinski definition) is 0. The molecule has 0 saturated heterocycles. The van der Waals surface area contributed by atoms with Crippen molar-refractivity contribution in [2.45, 2.75) is 33.7 Å². The molecule has 0 amide bonds. The molecular formula is C15H24N2O4. The molecule has 1 rings (SSSR count). The lowest BCUT2D eigenvalue weighted by molar-refractivity contribution is -0.145. The molecular weight excluding hydrogens is 272 g/mol. The second-order valence-corrected chi connectivity index (χ2v) is 5.17. The van der Waals surface area contributed by atoms with Crippen LogP contribution in [0.25, 0.3) is 0 Å². The third-order valence-electron chi connectivity index (χ3n) is 3.09. The molecule has 0 spiro atoms. The van der Waals surface area contributed by atoms with E-state index in [9.17, 15) is 9.59 Å². The predicted molar refractivity (Wildman–Crippen MR) is 77.8 cm³/mol. The van der Waals surface area contributed by atoms with Crippen LogP contribution in [0.3, 0.4) is 0 Å². The molecule has 21 heavy (non-hydrogen) atoms. The maximum Gasteiger partial charge on any atom is 0.306 e. The molecule has 0 aromatic carbocycles. The second-order valence-electron chi connectivity index (χ2n) is 5.17. The van der Waals surface area contributed by atoms with Gasteiger partial charge in [-0.3, -0.25) is 4.79 Å². The molecule has 0 aliphatic heterocycles. The molecule has 0 N–H and O–H groups in total. The molecule has 118 valence electrons. The maximum atomic E-state index is 11.3. The number of nitrogens with zero attached hydrogens (tertiary/aromatic N) is 2. The number of carbonyl (C=O) groups excluding carboxylic acids is 2. The number of aldehydes is 1. The average molecular weight is 296 g/mol. The molecule has 0 fully saturated rings. The van der Waals surface area contributed by atoms with Gasteiger partial charge in [-0.1, -0.05) is 6.92 Å². The summed E-state index contributed by atoms with van der Waals surface area (Å²) < 4.78 is 12.4. The Hall–Kier alpha value is -1.69. The Balaban J connectivity index is 2.26. The van der Waals surface area contributed by atoms with Crippen molar-refractivity contribution in [3.05, 3.63) is 18.2 Å². The summed E-state index contributed by atoms with van der Waals surface area (Å²) in [6.07, 6.45) is 4.53. The van der Waals surface area contributed by atoms with Gasteiger partial charge in [0, 0.05) is 24.9 Å². The summed E-state index contributed by atoms with van der Waals surface area (Å²) in [6.45, 7) is 7.68. The number of ether oxygens (including phenoxy) is 2. The Morgan fingerprint density at radius 2 is 2.24 bits per heavy atom. The molecule has 0 saturated carbocycles. The molecule has 6 heteroatoms. The van der Waals surface area contributed by atoms with Gasteiger partial charge in [-0.05, 0) is 19.8 Å². The summed E-state index contributed by atoms with van der Waals surface area (Å²) in [7, 11) is 0. The molecule has 0 aliphatic carbocycles. The largest absolute Gasteiger partial charge is 0.466 e. The van der Waals surface area contributed by atoms with Gasteiger partial charge in [-0.2, -0.15) is 0 Å². The number of rotatable bonds is 10. The fourth-order valence-electron chi connectivity index (χ4n) is 1.99. The fraction of sp³-hybridized carbons (Fsp3) is 0.667. The standard InChI is InChI=1S/C15H24N2O4/c1-4-21-15(19)7-14(9-18)11-20-10-12(2)8-17-6-5-16-13(17)3/h5-6,9,12,14H,4,7-8,10-11H2,1-3H3. The van der Waals surface area contributed by atoms with Gasteiger partial charge >= 0.3 is 5.97 Å². The zero-order chi connectivity index (χ0) is 15.7. The summed E-state index contributed by atoms with van der Waals surface area (Å²) in [4.78, 5) is 26.4. The molecule has 1 aromatic heterocycles. The first-order chi connectivity index (χ1) is 10.1. The monoisotopic (exact) mass is 296 g/mol. The predicted octanol–water partition coefficient (Wildman–Crippen LogP) is 1.61. The lowest BCUT2D eigenvalue weighted by atomic mass is 10.1. The summed E-state index contributed by atoms with van der Waals surface area (Å²) in [5.74, 6) is 0.467. The van der Waals surface area contributed by atoms with Crippen molar-refractivity contribution in [3.8, 4) is 0 Å². The van der Waals surface area contributed by atoms with E-state index in [1.807, 2.05) is 13.1 Å². The van der Waals surface area contributed by atoms with Crippen molar-refractivity contribution in [3.63, 3.8) is 0 Å². The van der Waals surface area contributed by atoms with E-state index in [1.165, 1.54) is 0 Å². The molecule has 1 aromatic rings. The van der Waals surface area contributed by atoms with Crippen molar-refractivity contribution < 1.29 is 19.1 Å². The zero-order valence-electron chi connectivity index (χ0n) is 12.9. The second kappa shape index (κ2) is 9.28. The topological polar surface area (TPSA) is 70.4 Å². The van der Waals surface area contributed by atoms with Crippen molar-refractivity contribution in [2.75, 3.05) is 19.8 Å². The smallest absolute Gasteiger partial charge is 0.306 e. The van der Waals surface area contributed by atoms with Gasteiger partial charge in [-0.25, -0.2) is 4.98 Å². The minimum absolute atomic E-state index is 0.0757. The highest BCUT2D eigenvalue weighted by atomic mass is 16.5. The third-order valence-corrected chi connectivity index (χ3v) is 3.09. The van der Waals surface area contributed by atoms with E-state index in [-0.39, 0.29) is 19.0 Å². The first-order valence-corrected chi connectivity index (χ1v) is 7.23. The van der Waals surface area contributed by atoms with Crippen LogP contribution in [-0.2, 0) is 25.6 Å². The van der Waals surface area contributed by atoms with E-state index in [0.29, 0.717) is 19.1 Å². The van der Waals surface area contributed by atoms with E-state index in [4.69, 9.17) is 9.47 Å². The molecule has 1 heterocycles. The van der Waals surface area contributed by atoms with Crippen LogP contribution in [0.5, 0.6) is 0 Å². The van der Waals surface area contributed by atoms with Gasteiger partial charge < -0.3 is 18.8 Å². The minimum Gasteiger partial charge on any atom is -0.466 e. The Morgan fingerprint density at radius 1 is 1.48 bits per heavy atom. The van der Waals surface area contributed by atoms with Gasteiger partial charge in [0.15, 0.2) is 0 Å². The van der Waals surface area contributed by atoms with E-state index >= 15 is 0 Å². The summed E-state index contributed by atoms with van der Waals surface area (Å²) in [5, 5.41) is 0. The van der Waals surface area contributed by atoms with E-state index in [2.05, 4.69) is 16.5 Å². The Morgan fingerprint density at radius 3 is 2.81 bits per heavy atom. The number of aryl methyl sites for hydroxylation is 1. The van der Waals surface area contributed by atoms with E-state index in [0.717, 1.165) is 18.7 Å². The van der Waals surface area contributed by atoms with Crippen LogP contribution in [0.2, 0.25) is 0 Å². The van der Waals surface area contributed by atoms with Gasteiger partial charge in [0.25, 0.3) is 0 Å². The SMILES string of the molecule is CCOC(=O)CC(C=O)COCC(C)Cn1ccnc1C. The number of imidazole rings is 1. The quantitative estimate of drug-likeness (QED) is 0.484. The molecule has 0 radical (unpaired) electrons. The third kappa shape index (κ3) is 6.53. The molecule has 6 nitrogen and oxygen atoms in total. The maximum absolute atomic E-state index is 11.3. The lowest BCUT2D eigenvalue weighted by Gasteiger charge is -2.15. The lowest BCUT2D eigenvalue weighted by Crippen LogP contribution is -2.21. The van der Waals surface area contributed by atoms with Crippen LogP contribution >= 0.6 is 0 Å². The fourth-order valence-corrected chi connectivity index (χ4v) is 1.99. The summed E-state index contributed by atoms with van der Waals surface area (Å²) in [6, 6.07) is 0. The van der Waals surface area contributed by atoms with Crippen LogP contribution in [0.1, 0.15) is 26.1 Å².